The molecule has 2 aromatic carbocycles. The van der Waals surface area contributed by atoms with Crippen molar-refractivity contribution in [1.29, 1.82) is 0 Å². The second-order valence-corrected chi connectivity index (χ2v) is 7.45. The summed E-state index contributed by atoms with van der Waals surface area (Å²) in [6.07, 6.45) is 2.12. The first kappa shape index (κ1) is 17.6. The molecule has 1 N–H and O–H groups in total. The molecule has 0 radical (unpaired) electrons. The van der Waals surface area contributed by atoms with Gasteiger partial charge >= 0.3 is 0 Å². The van der Waals surface area contributed by atoms with Gasteiger partial charge in [0.25, 0.3) is 5.91 Å². The molecule has 1 saturated heterocycles. The molecule has 2 amide bonds. The summed E-state index contributed by atoms with van der Waals surface area (Å²) in [6.45, 7) is 5.27. The van der Waals surface area contributed by atoms with Crippen LogP contribution in [0.3, 0.4) is 0 Å². The molecule has 5 heteroatoms. The van der Waals surface area contributed by atoms with E-state index in [0.717, 1.165) is 56.0 Å². The molecule has 2 aliphatic rings. The third kappa shape index (κ3) is 4.13. The minimum Gasteiger partial charge on any atom is -0.368 e. The van der Waals surface area contributed by atoms with Crippen molar-refractivity contribution >= 4 is 23.2 Å². The number of rotatable bonds is 4. The molecule has 1 aliphatic carbocycles. The van der Waals surface area contributed by atoms with Crippen LogP contribution in [0.2, 0.25) is 0 Å². The lowest BCUT2D eigenvalue weighted by Crippen LogP contribution is -2.49. The van der Waals surface area contributed by atoms with Gasteiger partial charge in [0.15, 0.2) is 0 Å². The molecule has 1 aliphatic heterocycles. The molecule has 1 heterocycles. The van der Waals surface area contributed by atoms with E-state index in [-0.39, 0.29) is 5.91 Å². The van der Waals surface area contributed by atoms with Gasteiger partial charge in [-0.2, -0.15) is 0 Å². The smallest absolute Gasteiger partial charge is 0.255 e. The number of aryl methyl sites for hydroxylation is 1. The van der Waals surface area contributed by atoms with Crippen LogP contribution in [0.4, 0.5) is 11.4 Å². The minimum absolute atomic E-state index is 0.106. The summed E-state index contributed by atoms with van der Waals surface area (Å²) >= 11 is 0. The molecule has 0 aromatic heterocycles. The van der Waals surface area contributed by atoms with Crippen LogP contribution in [0.25, 0.3) is 0 Å². The SMILES string of the molecule is Cc1ccc(NC(=O)c2ccc(N3CCN(C(=O)C4CC4)CC3)cc2)cc1. The minimum atomic E-state index is -0.106. The van der Waals surface area contributed by atoms with Gasteiger partial charge in [-0.1, -0.05) is 17.7 Å². The first-order valence-corrected chi connectivity index (χ1v) is 9.62. The van der Waals surface area contributed by atoms with E-state index in [2.05, 4.69) is 10.2 Å². The zero-order valence-corrected chi connectivity index (χ0v) is 15.6. The number of benzene rings is 2. The summed E-state index contributed by atoms with van der Waals surface area (Å²) < 4.78 is 0. The van der Waals surface area contributed by atoms with E-state index >= 15 is 0 Å². The van der Waals surface area contributed by atoms with Crippen LogP contribution in [0.15, 0.2) is 48.5 Å². The predicted molar refractivity (Wildman–Crippen MR) is 107 cm³/mol. The highest BCUT2D eigenvalue weighted by Crippen LogP contribution is 2.31. The van der Waals surface area contributed by atoms with E-state index in [4.69, 9.17) is 0 Å². The maximum atomic E-state index is 12.4. The highest BCUT2D eigenvalue weighted by atomic mass is 16.2. The van der Waals surface area contributed by atoms with E-state index in [0.29, 0.717) is 17.4 Å². The van der Waals surface area contributed by atoms with Crippen molar-refractivity contribution in [3.05, 3.63) is 59.7 Å². The third-order valence-corrected chi connectivity index (χ3v) is 5.32. The molecule has 2 fully saturated rings. The van der Waals surface area contributed by atoms with Gasteiger partial charge in [-0.15, -0.1) is 0 Å². The first-order chi connectivity index (χ1) is 13.1. The summed E-state index contributed by atoms with van der Waals surface area (Å²) in [5.74, 6) is 0.519. The molecule has 0 spiro atoms. The highest BCUT2D eigenvalue weighted by Gasteiger charge is 2.34. The summed E-state index contributed by atoms with van der Waals surface area (Å²) in [5, 5.41) is 2.92. The number of nitrogens with one attached hydrogen (secondary N) is 1. The van der Waals surface area contributed by atoms with Crippen LogP contribution >= 0.6 is 0 Å². The molecule has 2 aromatic rings. The van der Waals surface area contributed by atoms with Crippen LogP contribution in [-0.2, 0) is 4.79 Å². The highest BCUT2D eigenvalue weighted by molar-refractivity contribution is 6.04. The van der Waals surface area contributed by atoms with E-state index < -0.39 is 0 Å². The Kier molecular flexibility index (Phi) is 4.84. The molecule has 1 saturated carbocycles. The topological polar surface area (TPSA) is 52.7 Å². The molecule has 0 bridgehead atoms. The number of nitrogens with zero attached hydrogens (tertiary/aromatic N) is 2. The first-order valence-electron chi connectivity index (χ1n) is 9.62. The van der Waals surface area contributed by atoms with Crippen molar-refractivity contribution in [2.45, 2.75) is 19.8 Å². The number of hydrogen-bond donors (Lipinski definition) is 1. The zero-order valence-electron chi connectivity index (χ0n) is 15.6. The fraction of sp³-hybridized carbons (Fsp3) is 0.364. The lowest BCUT2D eigenvalue weighted by Gasteiger charge is -2.36. The molecule has 0 unspecified atom stereocenters. The molecule has 27 heavy (non-hydrogen) atoms. The average molecular weight is 363 g/mol. The normalized spacial score (nSPS) is 16.9. The van der Waals surface area contributed by atoms with Gasteiger partial charge in [0.1, 0.15) is 0 Å². The summed E-state index contributed by atoms with van der Waals surface area (Å²) in [4.78, 5) is 28.8. The predicted octanol–water partition coefficient (Wildman–Crippen LogP) is 3.31. The van der Waals surface area contributed by atoms with Gasteiger partial charge in [0, 0.05) is 49.0 Å². The quantitative estimate of drug-likeness (QED) is 0.907. The van der Waals surface area contributed by atoms with Gasteiger partial charge in [-0.25, -0.2) is 0 Å². The van der Waals surface area contributed by atoms with Gasteiger partial charge < -0.3 is 15.1 Å². The summed E-state index contributed by atoms with van der Waals surface area (Å²) in [6, 6.07) is 15.5. The van der Waals surface area contributed by atoms with Crippen molar-refractivity contribution < 1.29 is 9.59 Å². The molecular weight excluding hydrogens is 338 g/mol. The Balaban J connectivity index is 1.34. The van der Waals surface area contributed by atoms with Crippen LogP contribution in [-0.4, -0.2) is 42.9 Å². The van der Waals surface area contributed by atoms with Crippen molar-refractivity contribution in [2.24, 2.45) is 5.92 Å². The Hall–Kier alpha value is -2.82. The van der Waals surface area contributed by atoms with Gasteiger partial charge in [0.2, 0.25) is 5.91 Å². The Morgan fingerprint density at radius 2 is 1.52 bits per heavy atom. The van der Waals surface area contributed by atoms with E-state index in [1.54, 1.807) is 0 Å². The van der Waals surface area contributed by atoms with Crippen LogP contribution in [0.1, 0.15) is 28.8 Å². The molecule has 140 valence electrons. The maximum Gasteiger partial charge on any atom is 0.255 e. The number of anilines is 2. The maximum absolute atomic E-state index is 12.4. The van der Waals surface area contributed by atoms with E-state index in [1.165, 1.54) is 0 Å². The Bertz CT molecular complexity index is 818. The monoisotopic (exact) mass is 363 g/mol. The summed E-state index contributed by atoms with van der Waals surface area (Å²) in [7, 11) is 0. The number of amides is 2. The standard InChI is InChI=1S/C22H25N3O2/c1-16-2-8-19(9-3-16)23-21(26)17-6-10-20(11-7-17)24-12-14-25(15-13-24)22(27)18-4-5-18/h2-3,6-11,18H,4-5,12-15H2,1H3,(H,23,26). The van der Waals surface area contributed by atoms with E-state index in [9.17, 15) is 9.59 Å². The van der Waals surface area contributed by atoms with Crippen LogP contribution in [0, 0.1) is 12.8 Å². The van der Waals surface area contributed by atoms with Gasteiger partial charge in [-0.05, 0) is 56.2 Å². The number of carbonyl (C=O) groups is 2. The number of hydrogen-bond acceptors (Lipinski definition) is 3. The van der Waals surface area contributed by atoms with Gasteiger partial charge in [0.05, 0.1) is 0 Å². The molecular formula is C22H25N3O2. The van der Waals surface area contributed by atoms with Crippen molar-refractivity contribution in [2.75, 3.05) is 36.4 Å². The lowest BCUT2D eigenvalue weighted by atomic mass is 10.1. The average Bonchev–Trinajstić information content (AvgIpc) is 3.55. The molecule has 5 nitrogen and oxygen atoms in total. The van der Waals surface area contributed by atoms with Crippen molar-refractivity contribution in [1.82, 2.24) is 4.90 Å². The Morgan fingerprint density at radius 3 is 2.11 bits per heavy atom. The zero-order chi connectivity index (χ0) is 18.8. The van der Waals surface area contributed by atoms with Gasteiger partial charge in [-0.3, -0.25) is 9.59 Å². The van der Waals surface area contributed by atoms with Crippen LogP contribution in [0.5, 0.6) is 0 Å². The summed E-state index contributed by atoms with van der Waals surface area (Å²) in [5.41, 5.74) is 3.70. The fourth-order valence-corrected chi connectivity index (χ4v) is 3.44. The largest absolute Gasteiger partial charge is 0.368 e. The lowest BCUT2D eigenvalue weighted by molar-refractivity contribution is -0.132. The molecule has 0 atom stereocenters. The molecule has 4 rings (SSSR count). The second-order valence-electron chi connectivity index (χ2n) is 7.45. The number of carbonyl (C=O) groups excluding carboxylic acids is 2. The fourth-order valence-electron chi connectivity index (χ4n) is 3.44. The second kappa shape index (κ2) is 7.43. The van der Waals surface area contributed by atoms with Crippen LogP contribution < -0.4 is 10.2 Å². The third-order valence-electron chi connectivity index (χ3n) is 5.32. The van der Waals surface area contributed by atoms with Crippen molar-refractivity contribution in [3.63, 3.8) is 0 Å². The Morgan fingerprint density at radius 1 is 0.889 bits per heavy atom. The number of piperazine rings is 1. The van der Waals surface area contributed by atoms with Crippen molar-refractivity contribution in [3.8, 4) is 0 Å². The Labute approximate surface area is 160 Å². The van der Waals surface area contributed by atoms with E-state index in [1.807, 2.05) is 60.4 Å².